The van der Waals surface area contributed by atoms with Gasteiger partial charge in [0.15, 0.2) is 6.04 Å². The van der Waals surface area contributed by atoms with E-state index in [1.165, 1.54) is 6.20 Å². The predicted octanol–water partition coefficient (Wildman–Crippen LogP) is 2.33. The zero-order chi connectivity index (χ0) is 13.7. The SMILES string of the molecule is COc1ccccc1NC(C(=O)O)c1cccnc1. The summed E-state index contributed by atoms with van der Waals surface area (Å²) in [6.07, 6.45) is 3.13. The third kappa shape index (κ3) is 3.01. The smallest absolute Gasteiger partial charge is 0.330 e. The highest BCUT2D eigenvalue weighted by atomic mass is 16.5. The molecule has 0 aliphatic carbocycles. The molecule has 1 aromatic carbocycles. The molecule has 0 aliphatic rings. The summed E-state index contributed by atoms with van der Waals surface area (Å²) in [4.78, 5) is 15.3. The lowest BCUT2D eigenvalue weighted by Crippen LogP contribution is -2.20. The van der Waals surface area contributed by atoms with Gasteiger partial charge in [0.2, 0.25) is 0 Å². The Kier molecular flexibility index (Phi) is 3.97. The molecule has 0 spiro atoms. The van der Waals surface area contributed by atoms with E-state index in [4.69, 9.17) is 4.74 Å². The summed E-state index contributed by atoms with van der Waals surface area (Å²) in [5.74, 6) is -0.378. The van der Waals surface area contributed by atoms with Crippen LogP contribution in [-0.2, 0) is 4.79 Å². The number of aromatic nitrogens is 1. The third-order valence-corrected chi connectivity index (χ3v) is 2.67. The maximum atomic E-state index is 11.4. The lowest BCUT2D eigenvalue weighted by Gasteiger charge is -2.17. The molecule has 0 saturated carbocycles. The van der Waals surface area contributed by atoms with Gasteiger partial charge < -0.3 is 15.2 Å². The number of rotatable bonds is 5. The summed E-state index contributed by atoms with van der Waals surface area (Å²) in [6, 6.07) is 9.72. The summed E-state index contributed by atoms with van der Waals surface area (Å²) in [6.45, 7) is 0. The topological polar surface area (TPSA) is 71.5 Å². The van der Waals surface area contributed by atoms with Crippen LogP contribution in [0.5, 0.6) is 5.75 Å². The number of carboxylic acids is 1. The number of hydrogen-bond acceptors (Lipinski definition) is 4. The lowest BCUT2D eigenvalue weighted by molar-refractivity contribution is -0.138. The first-order valence-corrected chi connectivity index (χ1v) is 5.74. The quantitative estimate of drug-likeness (QED) is 0.861. The van der Waals surface area contributed by atoms with Gasteiger partial charge in [0.1, 0.15) is 5.75 Å². The monoisotopic (exact) mass is 258 g/mol. The second-order valence-corrected chi connectivity index (χ2v) is 3.90. The third-order valence-electron chi connectivity index (χ3n) is 2.67. The van der Waals surface area contributed by atoms with Crippen LogP contribution < -0.4 is 10.1 Å². The minimum Gasteiger partial charge on any atom is -0.495 e. The Hall–Kier alpha value is -2.56. The van der Waals surface area contributed by atoms with Gasteiger partial charge in [-0.1, -0.05) is 18.2 Å². The van der Waals surface area contributed by atoms with Gasteiger partial charge in [0, 0.05) is 18.0 Å². The van der Waals surface area contributed by atoms with Crippen molar-refractivity contribution in [2.45, 2.75) is 6.04 Å². The molecule has 0 bridgehead atoms. The van der Waals surface area contributed by atoms with Crippen molar-refractivity contribution in [1.29, 1.82) is 0 Å². The molecule has 2 rings (SSSR count). The molecule has 5 heteroatoms. The van der Waals surface area contributed by atoms with Crippen LogP contribution in [0.4, 0.5) is 5.69 Å². The van der Waals surface area contributed by atoms with Crippen molar-refractivity contribution in [1.82, 2.24) is 4.98 Å². The Morgan fingerprint density at radius 2 is 2.11 bits per heavy atom. The van der Waals surface area contributed by atoms with Gasteiger partial charge in [0.25, 0.3) is 0 Å². The van der Waals surface area contributed by atoms with Gasteiger partial charge in [-0.25, -0.2) is 4.79 Å². The van der Waals surface area contributed by atoms with Crippen molar-refractivity contribution in [3.05, 3.63) is 54.4 Å². The normalized spacial score (nSPS) is 11.6. The number of carbonyl (C=O) groups is 1. The highest BCUT2D eigenvalue weighted by Gasteiger charge is 2.20. The minimum atomic E-state index is -0.973. The van der Waals surface area contributed by atoms with Crippen LogP contribution >= 0.6 is 0 Å². The lowest BCUT2D eigenvalue weighted by atomic mass is 10.1. The van der Waals surface area contributed by atoms with Gasteiger partial charge in [0.05, 0.1) is 12.8 Å². The number of nitrogens with zero attached hydrogens (tertiary/aromatic N) is 1. The first-order chi connectivity index (χ1) is 9.22. The molecule has 98 valence electrons. The molecule has 0 fully saturated rings. The van der Waals surface area contributed by atoms with Crippen molar-refractivity contribution in [2.24, 2.45) is 0 Å². The van der Waals surface area contributed by atoms with Crippen molar-refractivity contribution in [2.75, 3.05) is 12.4 Å². The molecule has 0 saturated heterocycles. The molecule has 2 aromatic rings. The summed E-state index contributed by atoms with van der Waals surface area (Å²) < 4.78 is 5.19. The molecule has 2 N–H and O–H groups in total. The Balaban J connectivity index is 2.30. The molecule has 19 heavy (non-hydrogen) atoms. The second-order valence-electron chi connectivity index (χ2n) is 3.90. The first kappa shape index (κ1) is 12.9. The number of carboxylic acid groups (broad SMARTS) is 1. The summed E-state index contributed by atoms with van der Waals surface area (Å²) in [5.41, 5.74) is 1.21. The fourth-order valence-corrected chi connectivity index (χ4v) is 1.75. The number of benzene rings is 1. The van der Waals surface area contributed by atoms with Gasteiger partial charge in [-0.2, -0.15) is 0 Å². The van der Waals surface area contributed by atoms with E-state index >= 15 is 0 Å². The summed E-state index contributed by atoms with van der Waals surface area (Å²) >= 11 is 0. The van der Waals surface area contributed by atoms with Crippen LogP contribution in [0.15, 0.2) is 48.8 Å². The number of pyridine rings is 1. The number of aliphatic carboxylic acids is 1. The van der Waals surface area contributed by atoms with E-state index in [2.05, 4.69) is 10.3 Å². The summed E-state index contributed by atoms with van der Waals surface area (Å²) in [7, 11) is 1.54. The Bertz CT molecular complexity index is 558. The van der Waals surface area contributed by atoms with Gasteiger partial charge in [-0.05, 0) is 18.2 Å². The van der Waals surface area contributed by atoms with E-state index in [0.717, 1.165) is 0 Å². The molecular weight excluding hydrogens is 244 g/mol. The highest BCUT2D eigenvalue weighted by Crippen LogP contribution is 2.27. The van der Waals surface area contributed by atoms with E-state index < -0.39 is 12.0 Å². The molecular formula is C14H14N2O3. The van der Waals surface area contributed by atoms with E-state index in [9.17, 15) is 9.90 Å². The molecule has 5 nitrogen and oxygen atoms in total. The fraction of sp³-hybridized carbons (Fsp3) is 0.143. The Morgan fingerprint density at radius 3 is 2.74 bits per heavy atom. The zero-order valence-electron chi connectivity index (χ0n) is 10.4. The number of para-hydroxylation sites is 2. The Morgan fingerprint density at radius 1 is 1.32 bits per heavy atom. The van der Waals surface area contributed by atoms with Crippen LogP contribution in [0.1, 0.15) is 11.6 Å². The van der Waals surface area contributed by atoms with Gasteiger partial charge >= 0.3 is 5.97 Å². The van der Waals surface area contributed by atoms with Crippen molar-refractivity contribution in [3.63, 3.8) is 0 Å². The van der Waals surface area contributed by atoms with E-state index in [1.54, 1.807) is 37.6 Å². The fourth-order valence-electron chi connectivity index (χ4n) is 1.75. The second kappa shape index (κ2) is 5.86. The molecule has 0 aliphatic heterocycles. The minimum absolute atomic E-state index is 0.584. The van der Waals surface area contributed by atoms with Gasteiger partial charge in [-0.3, -0.25) is 4.98 Å². The van der Waals surface area contributed by atoms with Gasteiger partial charge in [-0.15, -0.1) is 0 Å². The van der Waals surface area contributed by atoms with Crippen molar-refractivity contribution < 1.29 is 14.6 Å². The molecule has 1 heterocycles. The number of methoxy groups -OCH3 is 1. The van der Waals surface area contributed by atoms with Crippen LogP contribution in [0.25, 0.3) is 0 Å². The molecule has 1 atom stereocenters. The van der Waals surface area contributed by atoms with Crippen molar-refractivity contribution in [3.8, 4) is 5.75 Å². The zero-order valence-corrected chi connectivity index (χ0v) is 10.4. The van der Waals surface area contributed by atoms with E-state index in [-0.39, 0.29) is 0 Å². The van der Waals surface area contributed by atoms with Crippen LogP contribution in [-0.4, -0.2) is 23.2 Å². The number of ether oxygens (including phenoxy) is 1. The maximum absolute atomic E-state index is 11.4. The Labute approximate surface area is 110 Å². The largest absolute Gasteiger partial charge is 0.495 e. The number of anilines is 1. The predicted molar refractivity (Wildman–Crippen MR) is 71.2 cm³/mol. The van der Waals surface area contributed by atoms with Crippen molar-refractivity contribution >= 4 is 11.7 Å². The number of hydrogen-bond donors (Lipinski definition) is 2. The molecule has 1 unspecified atom stereocenters. The molecule has 1 aromatic heterocycles. The van der Waals surface area contributed by atoms with E-state index in [0.29, 0.717) is 17.0 Å². The first-order valence-electron chi connectivity index (χ1n) is 5.74. The molecule has 0 radical (unpaired) electrons. The van der Waals surface area contributed by atoms with Crippen LogP contribution in [0.3, 0.4) is 0 Å². The average Bonchev–Trinajstić information content (AvgIpc) is 2.45. The summed E-state index contributed by atoms with van der Waals surface area (Å²) in [5, 5.41) is 12.3. The highest BCUT2D eigenvalue weighted by molar-refractivity contribution is 5.80. The number of nitrogens with one attached hydrogen (secondary N) is 1. The molecule has 0 amide bonds. The van der Waals surface area contributed by atoms with Crippen LogP contribution in [0, 0.1) is 0 Å². The maximum Gasteiger partial charge on any atom is 0.330 e. The van der Waals surface area contributed by atoms with Crippen LogP contribution in [0.2, 0.25) is 0 Å². The van der Waals surface area contributed by atoms with E-state index in [1.807, 2.05) is 12.1 Å². The standard InChI is InChI=1S/C14H14N2O3/c1-19-12-7-3-2-6-11(12)16-13(14(17)18)10-5-4-8-15-9-10/h2-9,13,16H,1H3,(H,17,18). The average molecular weight is 258 g/mol.